The van der Waals surface area contributed by atoms with Crippen LogP contribution in [-0.2, 0) is 6.54 Å². The minimum absolute atomic E-state index is 0.634. The van der Waals surface area contributed by atoms with Crippen molar-refractivity contribution < 1.29 is 0 Å². The topological polar surface area (TPSA) is 49.8 Å². The zero-order valence-electron chi connectivity index (χ0n) is 15.2. The Morgan fingerprint density at radius 2 is 1.52 bits per heavy atom. The SMILES string of the molecule is Cc1ccc(CNc2nc(C)cc(Nc3c(C)cccc3C)n2)cc1. The molecule has 0 amide bonds. The van der Waals surface area contributed by atoms with Crippen LogP contribution < -0.4 is 10.6 Å². The van der Waals surface area contributed by atoms with Gasteiger partial charge in [0.1, 0.15) is 5.82 Å². The maximum Gasteiger partial charge on any atom is 0.225 e. The summed E-state index contributed by atoms with van der Waals surface area (Å²) >= 11 is 0. The third-order valence-electron chi connectivity index (χ3n) is 4.16. The predicted octanol–water partition coefficient (Wildman–Crippen LogP) is 5.07. The van der Waals surface area contributed by atoms with E-state index in [4.69, 9.17) is 0 Å². The summed E-state index contributed by atoms with van der Waals surface area (Å²) in [5.74, 6) is 1.44. The lowest BCUT2D eigenvalue weighted by molar-refractivity contribution is 1.03. The van der Waals surface area contributed by atoms with E-state index >= 15 is 0 Å². The van der Waals surface area contributed by atoms with Crippen molar-refractivity contribution in [2.75, 3.05) is 10.6 Å². The maximum absolute atomic E-state index is 4.61. The molecule has 3 aromatic rings. The van der Waals surface area contributed by atoms with E-state index in [1.807, 2.05) is 13.0 Å². The molecule has 1 heterocycles. The van der Waals surface area contributed by atoms with Crippen LogP contribution in [0.1, 0.15) is 27.9 Å². The van der Waals surface area contributed by atoms with Gasteiger partial charge in [0, 0.05) is 24.0 Å². The van der Waals surface area contributed by atoms with E-state index in [-0.39, 0.29) is 0 Å². The van der Waals surface area contributed by atoms with Crippen LogP contribution in [0.15, 0.2) is 48.5 Å². The van der Waals surface area contributed by atoms with Gasteiger partial charge in [-0.1, -0.05) is 48.0 Å². The first kappa shape index (κ1) is 17.0. The Balaban J connectivity index is 1.77. The van der Waals surface area contributed by atoms with E-state index in [2.05, 4.69) is 83.8 Å². The second-order valence-electron chi connectivity index (χ2n) is 6.45. The molecule has 0 saturated carbocycles. The Morgan fingerprint density at radius 1 is 0.840 bits per heavy atom. The number of para-hydroxylation sites is 1. The molecule has 0 bridgehead atoms. The van der Waals surface area contributed by atoms with E-state index in [1.165, 1.54) is 22.3 Å². The lowest BCUT2D eigenvalue weighted by Gasteiger charge is -2.13. The number of nitrogens with zero attached hydrogens (tertiary/aromatic N) is 2. The molecule has 0 spiro atoms. The average molecular weight is 332 g/mol. The molecule has 3 rings (SSSR count). The molecule has 0 aliphatic heterocycles. The molecular weight excluding hydrogens is 308 g/mol. The van der Waals surface area contributed by atoms with Crippen LogP contribution in [0.5, 0.6) is 0 Å². The van der Waals surface area contributed by atoms with Crippen molar-refractivity contribution in [3.8, 4) is 0 Å². The third kappa shape index (κ3) is 4.35. The van der Waals surface area contributed by atoms with Crippen LogP contribution in [0.4, 0.5) is 17.5 Å². The van der Waals surface area contributed by atoms with Gasteiger partial charge in [0.15, 0.2) is 0 Å². The average Bonchev–Trinajstić information content (AvgIpc) is 2.57. The summed E-state index contributed by atoms with van der Waals surface area (Å²) in [6.45, 7) is 8.97. The first-order valence-electron chi connectivity index (χ1n) is 8.49. The third-order valence-corrected chi connectivity index (χ3v) is 4.16. The van der Waals surface area contributed by atoms with E-state index < -0.39 is 0 Å². The maximum atomic E-state index is 4.61. The van der Waals surface area contributed by atoms with Crippen molar-refractivity contribution in [1.82, 2.24) is 9.97 Å². The fourth-order valence-corrected chi connectivity index (χ4v) is 2.74. The summed E-state index contributed by atoms with van der Waals surface area (Å²) in [7, 11) is 0. The van der Waals surface area contributed by atoms with Crippen molar-refractivity contribution in [1.29, 1.82) is 0 Å². The minimum atomic E-state index is 0.634. The second-order valence-corrected chi connectivity index (χ2v) is 6.45. The smallest absolute Gasteiger partial charge is 0.225 e. The Labute approximate surface area is 149 Å². The van der Waals surface area contributed by atoms with E-state index in [0.717, 1.165) is 17.2 Å². The number of anilines is 3. The van der Waals surface area contributed by atoms with Gasteiger partial charge in [-0.2, -0.15) is 4.98 Å². The zero-order chi connectivity index (χ0) is 17.8. The lowest BCUT2D eigenvalue weighted by Crippen LogP contribution is -2.07. The van der Waals surface area contributed by atoms with E-state index in [9.17, 15) is 0 Å². The van der Waals surface area contributed by atoms with Crippen molar-refractivity contribution in [3.05, 3.63) is 76.5 Å². The first-order valence-corrected chi connectivity index (χ1v) is 8.49. The van der Waals surface area contributed by atoms with Gasteiger partial charge < -0.3 is 10.6 Å². The fourth-order valence-electron chi connectivity index (χ4n) is 2.74. The Morgan fingerprint density at radius 3 is 2.20 bits per heavy atom. The van der Waals surface area contributed by atoms with Crippen molar-refractivity contribution in [3.63, 3.8) is 0 Å². The van der Waals surface area contributed by atoms with Crippen LogP contribution in [0.2, 0.25) is 0 Å². The Bertz CT molecular complexity index is 849. The number of nitrogens with one attached hydrogen (secondary N) is 2. The molecule has 0 fully saturated rings. The van der Waals surface area contributed by atoms with Gasteiger partial charge >= 0.3 is 0 Å². The fraction of sp³-hybridized carbons (Fsp3) is 0.238. The molecular formula is C21H24N4. The summed E-state index contributed by atoms with van der Waals surface area (Å²) in [4.78, 5) is 9.10. The zero-order valence-corrected chi connectivity index (χ0v) is 15.2. The van der Waals surface area contributed by atoms with Crippen molar-refractivity contribution in [2.45, 2.75) is 34.2 Å². The lowest BCUT2D eigenvalue weighted by atomic mass is 10.1. The normalized spacial score (nSPS) is 10.6. The van der Waals surface area contributed by atoms with Crippen LogP contribution in [0.3, 0.4) is 0 Å². The molecule has 25 heavy (non-hydrogen) atoms. The van der Waals surface area contributed by atoms with E-state index in [0.29, 0.717) is 12.5 Å². The molecule has 128 valence electrons. The molecule has 0 aliphatic carbocycles. The van der Waals surface area contributed by atoms with Gasteiger partial charge in [-0.15, -0.1) is 0 Å². The van der Waals surface area contributed by atoms with Crippen molar-refractivity contribution in [2.24, 2.45) is 0 Å². The molecule has 0 aliphatic rings. The molecule has 2 N–H and O–H groups in total. The van der Waals surface area contributed by atoms with E-state index in [1.54, 1.807) is 0 Å². The number of hydrogen-bond acceptors (Lipinski definition) is 4. The monoisotopic (exact) mass is 332 g/mol. The second kappa shape index (κ2) is 7.34. The predicted molar refractivity (Wildman–Crippen MR) is 104 cm³/mol. The number of aryl methyl sites for hydroxylation is 4. The van der Waals surface area contributed by atoms with Gasteiger partial charge in [0.25, 0.3) is 0 Å². The first-order chi connectivity index (χ1) is 12.0. The van der Waals surface area contributed by atoms with Crippen LogP contribution in [-0.4, -0.2) is 9.97 Å². The molecule has 4 nitrogen and oxygen atoms in total. The quantitative estimate of drug-likeness (QED) is 0.685. The Hall–Kier alpha value is -2.88. The molecule has 0 radical (unpaired) electrons. The largest absolute Gasteiger partial charge is 0.350 e. The van der Waals surface area contributed by atoms with Crippen molar-refractivity contribution >= 4 is 17.5 Å². The Kier molecular flexibility index (Phi) is 4.98. The summed E-state index contributed by atoms with van der Waals surface area (Å²) in [6.07, 6.45) is 0. The molecule has 4 heteroatoms. The summed E-state index contributed by atoms with van der Waals surface area (Å²) in [6, 6.07) is 16.7. The number of rotatable bonds is 5. The number of benzene rings is 2. The van der Waals surface area contributed by atoms with Crippen LogP contribution in [0, 0.1) is 27.7 Å². The number of hydrogen-bond donors (Lipinski definition) is 2. The molecule has 1 aromatic heterocycles. The van der Waals surface area contributed by atoms with Gasteiger partial charge in [0.05, 0.1) is 0 Å². The van der Waals surface area contributed by atoms with Gasteiger partial charge in [0.2, 0.25) is 5.95 Å². The van der Waals surface area contributed by atoms with Gasteiger partial charge in [-0.05, 0) is 44.4 Å². The van der Waals surface area contributed by atoms with Gasteiger partial charge in [-0.3, -0.25) is 0 Å². The molecule has 0 atom stereocenters. The highest BCUT2D eigenvalue weighted by Crippen LogP contribution is 2.24. The van der Waals surface area contributed by atoms with Crippen LogP contribution in [0.25, 0.3) is 0 Å². The highest BCUT2D eigenvalue weighted by molar-refractivity contribution is 5.65. The highest BCUT2D eigenvalue weighted by atomic mass is 15.1. The minimum Gasteiger partial charge on any atom is -0.350 e. The summed E-state index contributed by atoms with van der Waals surface area (Å²) in [5.41, 5.74) is 6.90. The molecule has 0 saturated heterocycles. The van der Waals surface area contributed by atoms with Gasteiger partial charge in [-0.25, -0.2) is 4.98 Å². The number of aromatic nitrogens is 2. The standard InChI is InChI=1S/C21H24N4/c1-14-8-10-18(11-9-14)13-22-21-23-17(4)12-19(25-21)24-20-15(2)6-5-7-16(20)3/h5-12H,13H2,1-4H3,(H2,22,23,24,25). The molecule has 2 aromatic carbocycles. The molecule has 0 unspecified atom stereocenters. The van der Waals surface area contributed by atoms with Crippen LogP contribution >= 0.6 is 0 Å². The summed E-state index contributed by atoms with van der Waals surface area (Å²) in [5, 5.41) is 6.75. The summed E-state index contributed by atoms with van der Waals surface area (Å²) < 4.78 is 0. The highest BCUT2D eigenvalue weighted by Gasteiger charge is 2.06.